The van der Waals surface area contributed by atoms with Crippen LogP contribution in [0.4, 0.5) is 10.1 Å². The van der Waals surface area contributed by atoms with Gasteiger partial charge in [-0.3, -0.25) is 9.78 Å². The zero-order chi connectivity index (χ0) is 14.7. The summed E-state index contributed by atoms with van der Waals surface area (Å²) >= 11 is 5.69. The molecule has 0 spiro atoms. The molecular formula is C15H14ClFN2O. The van der Waals surface area contributed by atoms with E-state index >= 15 is 0 Å². The molecule has 0 radical (unpaired) electrons. The minimum atomic E-state index is -0.518. The summed E-state index contributed by atoms with van der Waals surface area (Å²) in [6.07, 6.45) is 1.82. The lowest BCUT2D eigenvalue weighted by molar-refractivity contribution is -0.117. The number of halogens is 2. The van der Waals surface area contributed by atoms with Gasteiger partial charge in [-0.1, -0.05) is 17.7 Å². The highest BCUT2D eigenvalue weighted by Crippen LogP contribution is 2.22. The number of pyridine rings is 1. The van der Waals surface area contributed by atoms with E-state index in [-0.39, 0.29) is 18.0 Å². The number of amides is 1. The zero-order valence-electron chi connectivity index (χ0n) is 11.2. The fourth-order valence-electron chi connectivity index (χ4n) is 1.78. The summed E-state index contributed by atoms with van der Waals surface area (Å²) in [7, 11) is 1.54. The number of anilines is 1. The van der Waals surface area contributed by atoms with E-state index in [4.69, 9.17) is 11.6 Å². The van der Waals surface area contributed by atoms with Gasteiger partial charge in [-0.25, -0.2) is 4.39 Å². The molecule has 3 nitrogen and oxygen atoms in total. The number of nitrogens with zero attached hydrogens (tertiary/aromatic N) is 2. The van der Waals surface area contributed by atoms with Crippen molar-refractivity contribution in [3.05, 3.63) is 58.6 Å². The van der Waals surface area contributed by atoms with Crippen LogP contribution in [0.5, 0.6) is 0 Å². The third kappa shape index (κ3) is 3.33. The summed E-state index contributed by atoms with van der Waals surface area (Å²) in [5, 5.41) is 0.301. The van der Waals surface area contributed by atoms with Crippen molar-refractivity contribution in [2.24, 2.45) is 0 Å². The molecule has 2 aromatic rings. The number of rotatable bonds is 3. The lowest BCUT2D eigenvalue weighted by Gasteiger charge is -2.18. The highest BCUT2D eigenvalue weighted by Gasteiger charge is 2.15. The van der Waals surface area contributed by atoms with Gasteiger partial charge in [0.15, 0.2) is 0 Å². The van der Waals surface area contributed by atoms with Gasteiger partial charge in [-0.05, 0) is 36.8 Å². The van der Waals surface area contributed by atoms with Crippen LogP contribution >= 0.6 is 11.6 Å². The molecule has 0 fully saturated rings. The van der Waals surface area contributed by atoms with Crippen molar-refractivity contribution in [3.63, 3.8) is 0 Å². The Labute approximate surface area is 122 Å². The minimum absolute atomic E-state index is 0.172. The molecule has 2 rings (SSSR count). The molecule has 0 bridgehead atoms. The molecule has 1 amide bonds. The SMILES string of the molecule is Cc1ccc(CC(=O)N(C)c2ccc(Cl)cc2F)cn1. The molecule has 1 aromatic heterocycles. The maximum Gasteiger partial charge on any atom is 0.231 e. The van der Waals surface area contributed by atoms with Crippen molar-refractivity contribution in [3.8, 4) is 0 Å². The summed E-state index contributed by atoms with van der Waals surface area (Å²) in [5.41, 5.74) is 1.89. The van der Waals surface area contributed by atoms with Crippen LogP contribution in [-0.2, 0) is 11.2 Å². The first-order valence-corrected chi connectivity index (χ1v) is 6.48. The van der Waals surface area contributed by atoms with Gasteiger partial charge < -0.3 is 4.90 Å². The highest BCUT2D eigenvalue weighted by atomic mass is 35.5. The summed E-state index contributed by atoms with van der Waals surface area (Å²) in [6.45, 7) is 1.88. The van der Waals surface area contributed by atoms with E-state index in [0.717, 1.165) is 11.3 Å². The second-order valence-electron chi connectivity index (χ2n) is 4.53. The van der Waals surface area contributed by atoms with Crippen LogP contribution in [-0.4, -0.2) is 17.9 Å². The Morgan fingerprint density at radius 3 is 2.70 bits per heavy atom. The first-order chi connectivity index (χ1) is 9.47. The molecule has 0 unspecified atom stereocenters. The molecule has 0 aliphatic rings. The third-order valence-corrected chi connectivity index (χ3v) is 3.21. The van der Waals surface area contributed by atoms with Crippen molar-refractivity contribution < 1.29 is 9.18 Å². The number of aryl methyl sites for hydroxylation is 1. The van der Waals surface area contributed by atoms with Crippen LogP contribution in [0.15, 0.2) is 36.5 Å². The molecule has 0 N–H and O–H groups in total. The van der Waals surface area contributed by atoms with Crippen LogP contribution in [0.2, 0.25) is 5.02 Å². The normalized spacial score (nSPS) is 10.4. The Balaban J connectivity index is 2.14. The summed E-state index contributed by atoms with van der Waals surface area (Å²) < 4.78 is 13.8. The van der Waals surface area contributed by atoms with Crippen LogP contribution in [0, 0.1) is 12.7 Å². The Morgan fingerprint density at radius 1 is 1.35 bits per heavy atom. The van der Waals surface area contributed by atoms with Crippen molar-refractivity contribution in [2.75, 3.05) is 11.9 Å². The standard InChI is InChI=1S/C15H14ClFN2O/c1-10-3-4-11(9-18-10)7-15(20)19(2)14-6-5-12(16)8-13(14)17/h3-6,8-9H,7H2,1-2H3. The molecule has 5 heteroatoms. The molecule has 0 aliphatic heterocycles. The van der Waals surface area contributed by atoms with Gasteiger partial charge in [-0.2, -0.15) is 0 Å². The van der Waals surface area contributed by atoms with Gasteiger partial charge in [0, 0.05) is 24.0 Å². The summed E-state index contributed by atoms with van der Waals surface area (Å²) in [5.74, 6) is -0.729. The molecule has 0 saturated carbocycles. The largest absolute Gasteiger partial charge is 0.313 e. The molecular weight excluding hydrogens is 279 g/mol. The fraction of sp³-hybridized carbons (Fsp3) is 0.200. The Hall–Kier alpha value is -1.94. The van der Waals surface area contributed by atoms with Gasteiger partial charge in [0.05, 0.1) is 12.1 Å². The van der Waals surface area contributed by atoms with Gasteiger partial charge >= 0.3 is 0 Å². The number of carbonyl (C=O) groups is 1. The van der Waals surface area contributed by atoms with E-state index in [1.165, 1.54) is 24.1 Å². The Kier molecular flexibility index (Phi) is 4.35. The summed E-state index contributed by atoms with van der Waals surface area (Å²) in [6, 6.07) is 7.91. The topological polar surface area (TPSA) is 33.2 Å². The fourth-order valence-corrected chi connectivity index (χ4v) is 1.94. The number of likely N-dealkylation sites (N-methyl/N-ethyl adjacent to an activating group) is 1. The van der Waals surface area contributed by atoms with Gasteiger partial charge in [-0.15, -0.1) is 0 Å². The van der Waals surface area contributed by atoms with E-state index in [1.807, 2.05) is 19.1 Å². The summed E-state index contributed by atoms with van der Waals surface area (Å²) in [4.78, 5) is 17.5. The molecule has 0 aliphatic carbocycles. The van der Waals surface area contributed by atoms with E-state index in [9.17, 15) is 9.18 Å². The van der Waals surface area contributed by atoms with Crippen molar-refractivity contribution >= 4 is 23.2 Å². The Bertz CT molecular complexity index is 628. The van der Waals surface area contributed by atoms with Crippen molar-refractivity contribution in [1.29, 1.82) is 0 Å². The second-order valence-corrected chi connectivity index (χ2v) is 4.97. The highest BCUT2D eigenvalue weighted by molar-refractivity contribution is 6.30. The monoisotopic (exact) mass is 292 g/mol. The molecule has 0 atom stereocenters. The van der Waals surface area contributed by atoms with Gasteiger partial charge in [0.25, 0.3) is 0 Å². The van der Waals surface area contributed by atoms with Crippen LogP contribution in [0.3, 0.4) is 0 Å². The van der Waals surface area contributed by atoms with E-state index in [1.54, 1.807) is 12.3 Å². The van der Waals surface area contributed by atoms with Crippen LogP contribution in [0.1, 0.15) is 11.3 Å². The molecule has 104 valence electrons. The smallest absolute Gasteiger partial charge is 0.231 e. The Morgan fingerprint density at radius 2 is 2.10 bits per heavy atom. The van der Waals surface area contributed by atoms with Crippen LogP contribution in [0.25, 0.3) is 0 Å². The maximum atomic E-state index is 13.8. The first-order valence-electron chi connectivity index (χ1n) is 6.10. The minimum Gasteiger partial charge on any atom is -0.313 e. The van der Waals surface area contributed by atoms with E-state index < -0.39 is 5.82 Å². The van der Waals surface area contributed by atoms with Crippen molar-refractivity contribution in [2.45, 2.75) is 13.3 Å². The predicted octanol–water partition coefficient (Wildman–Crippen LogP) is 3.39. The number of carbonyl (C=O) groups excluding carboxylic acids is 1. The van der Waals surface area contributed by atoms with Gasteiger partial charge in [0.1, 0.15) is 5.82 Å². The molecule has 0 saturated heterocycles. The van der Waals surface area contributed by atoms with E-state index in [2.05, 4.69) is 4.98 Å². The predicted molar refractivity (Wildman–Crippen MR) is 77.5 cm³/mol. The zero-order valence-corrected chi connectivity index (χ0v) is 12.0. The molecule has 1 heterocycles. The number of benzene rings is 1. The molecule has 20 heavy (non-hydrogen) atoms. The van der Waals surface area contributed by atoms with Gasteiger partial charge in [0.2, 0.25) is 5.91 Å². The lowest BCUT2D eigenvalue weighted by atomic mass is 10.1. The number of hydrogen-bond donors (Lipinski definition) is 0. The number of hydrogen-bond acceptors (Lipinski definition) is 2. The third-order valence-electron chi connectivity index (χ3n) is 2.97. The second kappa shape index (κ2) is 6.01. The van der Waals surface area contributed by atoms with Crippen molar-refractivity contribution in [1.82, 2.24) is 4.98 Å². The van der Waals surface area contributed by atoms with E-state index in [0.29, 0.717) is 5.02 Å². The molecule has 1 aromatic carbocycles. The lowest BCUT2D eigenvalue weighted by Crippen LogP contribution is -2.28. The maximum absolute atomic E-state index is 13.8. The average Bonchev–Trinajstić information content (AvgIpc) is 2.40. The first kappa shape index (κ1) is 14.5. The average molecular weight is 293 g/mol. The van der Waals surface area contributed by atoms with Crippen LogP contribution < -0.4 is 4.90 Å². The quantitative estimate of drug-likeness (QED) is 0.869. The number of aromatic nitrogens is 1.